The van der Waals surface area contributed by atoms with E-state index in [0.717, 1.165) is 5.03 Å². The van der Waals surface area contributed by atoms with Gasteiger partial charge in [-0.1, -0.05) is 18.5 Å². The van der Waals surface area contributed by atoms with Gasteiger partial charge in [-0.2, -0.15) is 0 Å². The molecule has 1 nitrogen and oxygen atoms in total. The molecule has 4 heteroatoms. The Balaban J connectivity index is 2.58. The Morgan fingerprint density at radius 3 is 2.83 bits per heavy atom. The molecule has 1 aromatic rings. The molecule has 0 fully saturated rings. The lowest BCUT2D eigenvalue weighted by atomic mass is 10.5. The Bertz CT molecular complexity index is 237. The highest BCUT2D eigenvalue weighted by Gasteiger charge is 2.02. The van der Waals surface area contributed by atoms with Crippen LogP contribution in [0.3, 0.4) is 0 Å². The molecule has 12 heavy (non-hydrogen) atoms. The molecule has 0 aromatic carbocycles. The number of hydrogen-bond acceptors (Lipinski definition) is 2. The Kier molecular flexibility index (Phi) is 4.19. The van der Waals surface area contributed by atoms with Crippen molar-refractivity contribution in [1.29, 1.82) is 0 Å². The van der Waals surface area contributed by atoms with E-state index in [2.05, 4.69) is 11.9 Å². The zero-order valence-electron chi connectivity index (χ0n) is 6.63. The molecule has 1 atom stereocenters. The smallest absolute Gasteiger partial charge is 0.0963 e. The fourth-order valence-electron chi connectivity index (χ4n) is 0.670. The summed E-state index contributed by atoms with van der Waals surface area (Å²) in [6, 6.07) is 3.73. The molecular formula is C8H9Cl2NS. The molecule has 0 spiro atoms. The largest absolute Gasteiger partial charge is 0.248 e. The second-order valence-electron chi connectivity index (χ2n) is 2.40. The maximum Gasteiger partial charge on any atom is 0.0963 e. The number of aromatic nitrogens is 1. The maximum absolute atomic E-state index is 5.68. The van der Waals surface area contributed by atoms with Gasteiger partial charge in [0, 0.05) is 17.3 Å². The summed E-state index contributed by atoms with van der Waals surface area (Å²) in [6.07, 6.45) is 1.64. The van der Waals surface area contributed by atoms with Crippen LogP contribution in [0.1, 0.15) is 6.92 Å². The van der Waals surface area contributed by atoms with Gasteiger partial charge >= 0.3 is 0 Å². The van der Waals surface area contributed by atoms with Gasteiger partial charge in [0.2, 0.25) is 0 Å². The quantitative estimate of drug-likeness (QED) is 0.573. The molecule has 0 aliphatic rings. The zero-order valence-corrected chi connectivity index (χ0v) is 8.96. The fourth-order valence-corrected chi connectivity index (χ4v) is 1.71. The van der Waals surface area contributed by atoms with Crippen molar-refractivity contribution in [1.82, 2.24) is 4.98 Å². The van der Waals surface area contributed by atoms with E-state index in [9.17, 15) is 0 Å². The third-order valence-electron chi connectivity index (χ3n) is 1.24. The average Bonchev–Trinajstić information content (AvgIpc) is 2.09. The number of alkyl halides is 1. The van der Waals surface area contributed by atoms with Crippen LogP contribution in [-0.4, -0.2) is 16.1 Å². The second-order valence-corrected chi connectivity index (χ2v) is 4.60. The van der Waals surface area contributed by atoms with E-state index in [1.807, 2.05) is 12.1 Å². The third-order valence-corrected chi connectivity index (χ3v) is 3.16. The summed E-state index contributed by atoms with van der Waals surface area (Å²) in [4.78, 5) is 4.14. The third kappa shape index (κ3) is 3.21. The second kappa shape index (κ2) is 4.95. The first-order valence-corrected chi connectivity index (χ1v) is 5.35. The summed E-state index contributed by atoms with van der Waals surface area (Å²) in [5.41, 5.74) is 0. The van der Waals surface area contributed by atoms with Crippen LogP contribution in [0.15, 0.2) is 23.4 Å². The van der Waals surface area contributed by atoms with Gasteiger partial charge in [-0.05, 0) is 12.1 Å². The van der Waals surface area contributed by atoms with Crippen LogP contribution in [0.5, 0.6) is 0 Å². The van der Waals surface area contributed by atoms with E-state index in [0.29, 0.717) is 16.2 Å². The van der Waals surface area contributed by atoms with Crippen LogP contribution in [0.2, 0.25) is 5.02 Å². The van der Waals surface area contributed by atoms with Crippen molar-refractivity contribution >= 4 is 35.0 Å². The molecule has 0 amide bonds. The minimum absolute atomic E-state index is 0.389. The Morgan fingerprint density at radius 1 is 1.58 bits per heavy atom. The predicted octanol–water partition coefficient (Wildman–Crippen LogP) is 3.45. The molecule has 66 valence electrons. The average molecular weight is 222 g/mol. The summed E-state index contributed by atoms with van der Waals surface area (Å²) >= 11 is 13.0. The van der Waals surface area contributed by atoms with Gasteiger partial charge in [0.1, 0.15) is 0 Å². The number of halogens is 2. The zero-order chi connectivity index (χ0) is 8.97. The fraction of sp³-hybridized carbons (Fsp3) is 0.375. The molecule has 1 heterocycles. The van der Waals surface area contributed by atoms with Crippen LogP contribution in [0.4, 0.5) is 0 Å². The van der Waals surface area contributed by atoms with Crippen molar-refractivity contribution in [3.8, 4) is 0 Å². The summed E-state index contributed by atoms with van der Waals surface area (Å²) in [7, 11) is 0. The van der Waals surface area contributed by atoms with Crippen molar-refractivity contribution in [3.05, 3.63) is 23.4 Å². The first-order chi connectivity index (χ1) is 5.72. The molecule has 0 radical (unpaired) electrons. The minimum atomic E-state index is 0.389. The van der Waals surface area contributed by atoms with Crippen molar-refractivity contribution in [2.45, 2.75) is 17.2 Å². The van der Waals surface area contributed by atoms with E-state index >= 15 is 0 Å². The van der Waals surface area contributed by atoms with Crippen molar-refractivity contribution in [3.63, 3.8) is 0 Å². The van der Waals surface area contributed by atoms with Crippen molar-refractivity contribution in [2.75, 3.05) is 5.88 Å². The molecule has 1 unspecified atom stereocenters. The number of rotatable bonds is 3. The normalized spacial score (nSPS) is 12.9. The van der Waals surface area contributed by atoms with E-state index in [1.54, 1.807) is 18.0 Å². The number of hydrogen-bond donors (Lipinski definition) is 0. The molecule has 1 aromatic heterocycles. The summed E-state index contributed by atoms with van der Waals surface area (Å²) < 4.78 is 0. The Hall–Kier alpha value is 0.0800. The molecule has 1 rings (SSSR count). The SMILES string of the molecule is CC(CCl)Sc1ccc(Cl)cn1. The topological polar surface area (TPSA) is 12.9 Å². The predicted molar refractivity (Wildman–Crippen MR) is 55.3 cm³/mol. The molecule has 0 saturated carbocycles. The molecular weight excluding hydrogens is 213 g/mol. The Morgan fingerprint density at radius 2 is 2.33 bits per heavy atom. The molecule has 0 aliphatic heterocycles. The monoisotopic (exact) mass is 221 g/mol. The van der Waals surface area contributed by atoms with E-state index < -0.39 is 0 Å². The Labute approximate surface area is 86.5 Å². The maximum atomic E-state index is 5.68. The lowest BCUT2D eigenvalue weighted by Crippen LogP contribution is -1.97. The first-order valence-electron chi connectivity index (χ1n) is 3.56. The van der Waals surface area contributed by atoms with E-state index in [1.165, 1.54) is 0 Å². The van der Waals surface area contributed by atoms with Crippen molar-refractivity contribution < 1.29 is 0 Å². The van der Waals surface area contributed by atoms with Crippen LogP contribution < -0.4 is 0 Å². The van der Waals surface area contributed by atoms with Gasteiger partial charge < -0.3 is 0 Å². The van der Waals surface area contributed by atoms with E-state index in [-0.39, 0.29) is 0 Å². The summed E-state index contributed by atoms with van der Waals surface area (Å²) in [6.45, 7) is 2.06. The molecule has 0 N–H and O–H groups in total. The summed E-state index contributed by atoms with van der Waals surface area (Å²) in [5, 5.41) is 2.02. The highest BCUT2D eigenvalue weighted by atomic mass is 35.5. The molecule has 0 saturated heterocycles. The van der Waals surface area contributed by atoms with Gasteiger partial charge in [0.15, 0.2) is 0 Å². The van der Waals surface area contributed by atoms with Gasteiger partial charge in [0.05, 0.1) is 10.0 Å². The minimum Gasteiger partial charge on any atom is -0.248 e. The lowest BCUT2D eigenvalue weighted by Gasteiger charge is -2.05. The first kappa shape index (κ1) is 10.2. The van der Waals surface area contributed by atoms with Gasteiger partial charge in [0.25, 0.3) is 0 Å². The highest BCUT2D eigenvalue weighted by Crippen LogP contribution is 2.22. The van der Waals surface area contributed by atoms with Crippen molar-refractivity contribution in [2.24, 2.45) is 0 Å². The van der Waals surface area contributed by atoms with Crippen LogP contribution in [-0.2, 0) is 0 Å². The van der Waals surface area contributed by atoms with Crippen LogP contribution >= 0.6 is 35.0 Å². The number of nitrogens with zero attached hydrogens (tertiary/aromatic N) is 1. The number of thioether (sulfide) groups is 1. The lowest BCUT2D eigenvalue weighted by molar-refractivity contribution is 1.08. The van der Waals surface area contributed by atoms with E-state index in [4.69, 9.17) is 23.2 Å². The van der Waals surface area contributed by atoms with Gasteiger partial charge in [-0.25, -0.2) is 4.98 Å². The van der Waals surface area contributed by atoms with Crippen LogP contribution in [0.25, 0.3) is 0 Å². The molecule has 0 aliphatic carbocycles. The summed E-state index contributed by atoms with van der Waals surface area (Å²) in [5.74, 6) is 0.634. The number of pyridine rings is 1. The molecule has 0 bridgehead atoms. The van der Waals surface area contributed by atoms with Gasteiger partial charge in [-0.15, -0.1) is 23.4 Å². The highest BCUT2D eigenvalue weighted by molar-refractivity contribution is 7.99. The van der Waals surface area contributed by atoms with Crippen LogP contribution in [0, 0.1) is 0 Å². The standard InChI is InChI=1S/C8H9Cl2NS/c1-6(4-9)12-8-3-2-7(10)5-11-8/h2-3,5-6H,4H2,1H3. The van der Waals surface area contributed by atoms with Gasteiger partial charge in [-0.3, -0.25) is 0 Å².